The number of halogens is 1. The van der Waals surface area contributed by atoms with Crippen molar-refractivity contribution in [1.82, 2.24) is 14.9 Å². The molecule has 2 heterocycles. The van der Waals surface area contributed by atoms with E-state index in [0.29, 0.717) is 39.9 Å². The van der Waals surface area contributed by atoms with E-state index in [-0.39, 0.29) is 17.4 Å². The van der Waals surface area contributed by atoms with Gasteiger partial charge in [-0.15, -0.1) is 0 Å². The second kappa shape index (κ2) is 8.84. The molecule has 0 radical (unpaired) electrons. The van der Waals surface area contributed by atoms with Crippen molar-refractivity contribution >= 4 is 40.2 Å². The maximum absolute atomic E-state index is 13.0. The molecule has 148 valence electrons. The molecule has 8 heteroatoms. The van der Waals surface area contributed by atoms with Crippen molar-refractivity contribution < 1.29 is 9.21 Å². The molecule has 3 rings (SSSR count). The third-order valence-corrected chi connectivity index (χ3v) is 5.42. The number of benzene rings is 1. The van der Waals surface area contributed by atoms with Crippen LogP contribution < -0.4 is 10.9 Å². The van der Waals surface area contributed by atoms with Gasteiger partial charge in [-0.25, -0.2) is 4.98 Å². The zero-order valence-corrected chi connectivity index (χ0v) is 17.5. The quantitative estimate of drug-likeness (QED) is 0.461. The van der Waals surface area contributed by atoms with Crippen LogP contribution in [0, 0.1) is 5.92 Å². The fraction of sp³-hybridized carbons (Fsp3) is 0.350. The van der Waals surface area contributed by atoms with Gasteiger partial charge in [-0.05, 0) is 43.2 Å². The summed E-state index contributed by atoms with van der Waals surface area (Å²) in [7, 11) is 0. The van der Waals surface area contributed by atoms with E-state index < -0.39 is 5.25 Å². The zero-order valence-electron chi connectivity index (χ0n) is 15.9. The molecule has 1 atom stereocenters. The molecule has 6 nitrogen and oxygen atoms in total. The number of nitrogens with one attached hydrogen (secondary N) is 1. The molecular weight excluding hydrogens is 398 g/mol. The third kappa shape index (κ3) is 4.77. The fourth-order valence-corrected chi connectivity index (χ4v) is 3.85. The number of thioether (sulfide) groups is 1. The van der Waals surface area contributed by atoms with E-state index in [0.717, 1.165) is 0 Å². The standard InChI is InChI=1S/C20H22ClN3O3S/c1-12(2)11-24-19(26)16-9-14(21)6-7-17(16)23-20(24)28-13(3)18(25)22-10-15-5-4-8-27-15/h4-9,12-13H,10-11H2,1-3H3,(H,22,25). The molecule has 1 aromatic carbocycles. The average Bonchev–Trinajstić information content (AvgIpc) is 3.17. The van der Waals surface area contributed by atoms with Gasteiger partial charge in [-0.3, -0.25) is 14.2 Å². The second-order valence-corrected chi connectivity index (χ2v) is 8.67. The molecule has 2 aromatic heterocycles. The Kier molecular flexibility index (Phi) is 6.46. The minimum atomic E-state index is -0.426. The molecule has 0 spiro atoms. The summed E-state index contributed by atoms with van der Waals surface area (Å²) in [6.07, 6.45) is 1.57. The summed E-state index contributed by atoms with van der Waals surface area (Å²) in [5.74, 6) is 0.782. The molecule has 0 aliphatic heterocycles. The lowest BCUT2D eigenvalue weighted by Gasteiger charge is -2.17. The summed E-state index contributed by atoms with van der Waals surface area (Å²) < 4.78 is 6.86. The fourth-order valence-electron chi connectivity index (χ4n) is 2.73. The van der Waals surface area contributed by atoms with E-state index in [4.69, 9.17) is 16.0 Å². The van der Waals surface area contributed by atoms with Crippen molar-refractivity contribution in [1.29, 1.82) is 0 Å². The van der Waals surface area contributed by atoms with Crippen molar-refractivity contribution in [2.24, 2.45) is 5.92 Å². The Morgan fingerprint density at radius 3 is 2.79 bits per heavy atom. The SMILES string of the molecule is CC(C)Cn1c(SC(C)C(=O)NCc2ccco2)nc2ccc(Cl)cc2c1=O. The summed E-state index contributed by atoms with van der Waals surface area (Å²) in [6, 6.07) is 8.64. The van der Waals surface area contributed by atoms with Crippen molar-refractivity contribution in [3.8, 4) is 0 Å². The Hall–Kier alpha value is -2.25. The van der Waals surface area contributed by atoms with Gasteiger partial charge < -0.3 is 9.73 Å². The topological polar surface area (TPSA) is 77.1 Å². The van der Waals surface area contributed by atoms with Crippen LogP contribution >= 0.6 is 23.4 Å². The van der Waals surface area contributed by atoms with Crippen molar-refractivity contribution in [2.45, 2.75) is 44.3 Å². The first-order chi connectivity index (χ1) is 13.3. The number of carbonyl (C=O) groups is 1. The predicted molar refractivity (Wildman–Crippen MR) is 112 cm³/mol. The number of fused-ring (bicyclic) bond motifs is 1. The highest BCUT2D eigenvalue weighted by Crippen LogP contribution is 2.24. The van der Waals surface area contributed by atoms with Crippen molar-refractivity contribution in [3.63, 3.8) is 0 Å². The van der Waals surface area contributed by atoms with Gasteiger partial charge in [0.15, 0.2) is 5.16 Å². The van der Waals surface area contributed by atoms with Gasteiger partial charge in [0.05, 0.1) is 29.0 Å². The number of hydrogen-bond donors (Lipinski definition) is 1. The second-order valence-electron chi connectivity index (χ2n) is 6.92. The van der Waals surface area contributed by atoms with E-state index in [9.17, 15) is 9.59 Å². The van der Waals surface area contributed by atoms with Crippen molar-refractivity contribution in [2.75, 3.05) is 0 Å². The van der Waals surface area contributed by atoms with Crippen LogP contribution in [-0.2, 0) is 17.9 Å². The van der Waals surface area contributed by atoms with Gasteiger partial charge in [0.25, 0.3) is 5.56 Å². The van der Waals surface area contributed by atoms with Crippen LogP contribution in [0.3, 0.4) is 0 Å². The molecule has 0 fully saturated rings. The number of furan rings is 1. The number of nitrogens with zero attached hydrogens (tertiary/aromatic N) is 2. The lowest BCUT2D eigenvalue weighted by atomic mass is 10.2. The van der Waals surface area contributed by atoms with Crippen LogP contribution in [0.5, 0.6) is 0 Å². The zero-order chi connectivity index (χ0) is 20.3. The van der Waals surface area contributed by atoms with E-state index in [1.54, 1.807) is 48.1 Å². The first-order valence-corrected chi connectivity index (χ1v) is 10.3. The Labute approximate surface area is 172 Å². The van der Waals surface area contributed by atoms with E-state index >= 15 is 0 Å². The van der Waals surface area contributed by atoms with Crippen LogP contribution in [0.15, 0.2) is 51.0 Å². The molecule has 3 aromatic rings. The molecule has 0 aliphatic carbocycles. The maximum atomic E-state index is 13.0. The van der Waals surface area contributed by atoms with Crippen LogP contribution in [0.4, 0.5) is 0 Å². The first kappa shape index (κ1) is 20.5. The van der Waals surface area contributed by atoms with Crippen LogP contribution in [0.1, 0.15) is 26.5 Å². The molecule has 0 saturated heterocycles. The highest BCUT2D eigenvalue weighted by molar-refractivity contribution is 8.00. The average molecular weight is 420 g/mol. The molecule has 0 bridgehead atoms. The summed E-state index contributed by atoms with van der Waals surface area (Å²) in [4.78, 5) is 30.1. The van der Waals surface area contributed by atoms with Gasteiger partial charge in [-0.1, -0.05) is 37.2 Å². The first-order valence-electron chi connectivity index (χ1n) is 9.02. The summed E-state index contributed by atoms with van der Waals surface area (Å²) in [5.41, 5.74) is 0.423. The Morgan fingerprint density at radius 2 is 2.11 bits per heavy atom. The predicted octanol–water partition coefficient (Wildman–Crippen LogP) is 4.10. The van der Waals surface area contributed by atoms with Crippen LogP contribution in [0.2, 0.25) is 5.02 Å². The Bertz CT molecular complexity index is 1030. The van der Waals surface area contributed by atoms with Gasteiger partial charge in [0.1, 0.15) is 5.76 Å². The largest absolute Gasteiger partial charge is 0.467 e. The maximum Gasteiger partial charge on any atom is 0.262 e. The van der Waals surface area contributed by atoms with Gasteiger partial charge in [0, 0.05) is 11.6 Å². The number of hydrogen-bond acceptors (Lipinski definition) is 5. The molecule has 1 N–H and O–H groups in total. The summed E-state index contributed by atoms with van der Waals surface area (Å²) >= 11 is 7.32. The van der Waals surface area contributed by atoms with Crippen LogP contribution in [0.25, 0.3) is 10.9 Å². The lowest BCUT2D eigenvalue weighted by molar-refractivity contribution is -0.120. The molecule has 0 saturated carbocycles. The number of amides is 1. The normalized spacial score (nSPS) is 12.5. The smallest absolute Gasteiger partial charge is 0.262 e. The minimum Gasteiger partial charge on any atom is -0.467 e. The van der Waals surface area contributed by atoms with Crippen LogP contribution in [-0.4, -0.2) is 20.7 Å². The Balaban J connectivity index is 1.86. The lowest BCUT2D eigenvalue weighted by Crippen LogP contribution is -2.32. The van der Waals surface area contributed by atoms with Crippen molar-refractivity contribution in [3.05, 3.63) is 57.7 Å². The highest BCUT2D eigenvalue weighted by atomic mass is 35.5. The summed E-state index contributed by atoms with van der Waals surface area (Å²) in [5, 5.41) is 3.91. The van der Waals surface area contributed by atoms with Gasteiger partial charge >= 0.3 is 0 Å². The van der Waals surface area contributed by atoms with E-state index in [1.807, 2.05) is 13.8 Å². The highest BCUT2D eigenvalue weighted by Gasteiger charge is 2.20. The monoisotopic (exact) mass is 419 g/mol. The van der Waals surface area contributed by atoms with E-state index in [1.165, 1.54) is 11.8 Å². The van der Waals surface area contributed by atoms with Gasteiger partial charge in [0.2, 0.25) is 5.91 Å². The molecule has 0 aliphatic rings. The minimum absolute atomic E-state index is 0.146. The Morgan fingerprint density at radius 1 is 1.32 bits per heavy atom. The molecule has 1 unspecified atom stereocenters. The number of aromatic nitrogens is 2. The molecule has 28 heavy (non-hydrogen) atoms. The molecular formula is C20H22ClN3O3S. The number of rotatable bonds is 7. The molecule has 1 amide bonds. The number of carbonyl (C=O) groups excluding carboxylic acids is 1. The third-order valence-electron chi connectivity index (χ3n) is 4.10. The summed E-state index contributed by atoms with van der Waals surface area (Å²) in [6.45, 7) is 6.68. The van der Waals surface area contributed by atoms with Gasteiger partial charge in [-0.2, -0.15) is 0 Å². The van der Waals surface area contributed by atoms with E-state index in [2.05, 4.69) is 10.3 Å².